The maximum atomic E-state index is 10.2. The number of nitrogens with zero attached hydrogens (tertiary/aromatic N) is 2. The average molecular weight is 182 g/mol. The lowest BCUT2D eigenvalue weighted by Crippen LogP contribution is -2.29. The van der Waals surface area contributed by atoms with Crippen molar-refractivity contribution in [3.63, 3.8) is 0 Å². The van der Waals surface area contributed by atoms with Crippen molar-refractivity contribution in [1.29, 1.82) is 0 Å². The Labute approximate surface area is 77.2 Å². The first kappa shape index (κ1) is 8.72. The van der Waals surface area contributed by atoms with Crippen LogP contribution in [0.1, 0.15) is 19.2 Å². The lowest BCUT2D eigenvalue weighted by atomic mass is 10.0. The van der Waals surface area contributed by atoms with Gasteiger partial charge in [0.25, 0.3) is 0 Å². The topological polar surface area (TPSA) is 47.3 Å². The molecule has 0 aliphatic carbocycles. The maximum absolute atomic E-state index is 10.2. The van der Waals surface area contributed by atoms with Crippen LogP contribution in [0.15, 0.2) is 12.4 Å². The van der Waals surface area contributed by atoms with Gasteiger partial charge in [0, 0.05) is 25.4 Å². The molecule has 1 unspecified atom stereocenters. The third-order valence-corrected chi connectivity index (χ3v) is 2.47. The molecule has 0 saturated carbocycles. The maximum Gasteiger partial charge on any atom is 0.147 e. The van der Waals surface area contributed by atoms with Crippen molar-refractivity contribution < 1.29 is 9.84 Å². The summed E-state index contributed by atoms with van der Waals surface area (Å²) in [4.78, 5) is 4.17. The Morgan fingerprint density at radius 2 is 2.62 bits per heavy atom. The molecule has 1 aliphatic rings. The third-order valence-electron chi connectivity index (χ3n) is 2.47. The van der Waals surface area contributed by atoms with Gasteiger partial charge in [0.2, 0.25) is 0 Å². The summed E-state index contributed by atoms with van der Waals surface area (Å²) >= 11 is 0. The molecule has 0 bridgehead atoms. The van der Waals surface area contributed by atoms with Gasteiger partial charge in [-0.2, -0.15) is 0 Å². The van der Waals surface area contributed by atoms with E-state index in [9.17, 15) is 5.11 Å². The van der Waals surface area contributed by atoms with Crippen LogP contribution >= 0.6 is 0 Å². The van der Waals surface area contributed by atoms with Crippen LogP contribution in [-0.2, 0) is 16.9 Å². The molecule has 2 heterocycles. The fourth-order valence-electron chi connectivity index (χ4n) is 1.70. The van der Waals surface area contributed by atoms with Crippen LogP contribution in [0, 0.1) is 0 Å². The lowest BCUT2D eigenvalue weighted by Gasteiger charge is -2.20. The number of ether oxygens (including phenoxy) is 1. The van der Waals surface area contributed by atoms with Crippen molar-refractivity contribution in [2.45, 2.75) is 25.5 Å². The van der Waals surface area contributed by atoms with Gasteiger partial charge in [-0.1, -0.05) is 0 Å². The second-order valence-electron chi connectivity index (χ2n) is 3.37. The molecule has 0 amide bonds. The third kappa shape index (κ3) is 1.36. The Balaban J connectivity index is 2.32. The van der Waals surface area contributed by atoms with Gasteiger partial charge in [-0.15, -0.1) is 0 Å². The number of aryl methyl sites for hydroxylation is 1. The van der Waals surface area contributed by atoms with Crippen molar-refractivity contribution in [2.24, 2.45) is 0 Å². The molecule has 0 aromatic carbocycles. The molecular formula is C9H14N2O2. The monoisotopic (exact) mass is 182 g/mol. The fourth-order valence-corrected chi connectivity index (χ4v) is 1.70. The molecule has 1 fully saturated rings. The Morgan fingerprint density at radius 3 is 3.23 bits per heavy atom. The first-order valence-electron chi connectivity index (χ1n) is 4.58. The summed E-state index contributed by atoms with van der Waals surface area (Å²) < 4.78 is 7.13. The van der Waals surface area contributed by atoms with Crippen molar-refractivity contribution in [2.75, 3.05) is 13.2 Å². The number of rotatable bonds is 2. The molecule has 2 rings (SSSR count). The summed E-state index contributed by atoms with van der Waals surface area (Å²) in [5.41, 5.74) is -0.862. The number of aromatic nitrogens is 2. The van der Waals surface area contributed by atoms with Gasteiger partial charge in [-0.05, 0) is 6.92 Å². The van der Waals surface area contributed by atoms with Crippen LogP contribution in [0.3, 0.4) is 0 Å². The lowest BCUT2D eigenvalue weighted by molar-refractivity contribution is 0.0125. The summed E-state index contributed by atoms with van der Waals surface area (Å²) in [6.45, 7) is 3.85. The highest BCUT2D eigenvalue weighted by molar-refractivity contribution is 5.06. The summed E-state index contributed by atoms with van der Waals surface area (Å²) in [6.07, 6.45) is 4.24. The van der Waals surface area contributed by atoms with Gasteiger partial charge in [-0.3, -0.25) is 0 Å². The molecule has 1 N–H and O–H groups in total. The summed E-state index contributed by atoms with van der Waals surface area (Å²) in [6, 6.07) is 0. The highest BCUT2D eigenvalue weighted by Crippen LogP contribution is 2.28. The molecule has 0 spiro atoms. The van der Waals surface area contributed by atoms with Crippen molar-refractivity contribution in [3.05, 3.63) is 18.2 Å². The molecule has 1 aromatic heterocycles. The van der Waals surface area contributed by atoms with Gasteiger partial charge < -0.3 is 14.4 Å². The first-order chi connectivity index (χ1) is 6.26. The molecule has 1 saturated heterocycles. The van der Waals surface area contributed by atoms with E-state index in [1.807, 2.05) is 17.7 Å². The number of aliphatic hydroxyl groups is 1. The van der Waals surface area contributed by atoms with E-state index in [4.69, 9.17) is 4.74 Å². The van der Waals surface area contributed by atoms with Gasteiger partial charge in [0.05, 0.1) is 13.2 Å². The molecule has 4 nitrogen and oxygen atoms in total. The first-order valence-corrected chi connectivity index (χ1v) is 4.58. The highest BCUT2D eigenvalue weighted by atomic mass is 16.5. The van der Waals surface area contributed by atoms with Crippen LogP contribution in [0.2, 0.25) is 0 Å². The molecular weight excluding hydrogens is 168 g/mol. The molecule has 4 heteroatoms. The SMILES string of the molecule is CCn1ccnc1C1(O)CCOC1. The molecule has 1 aliphatic heterocycles. The molecule has 1 atom stereocenters. The smallest absolute Gasteiger partial charge is 0.147 e. The van der Waals surface area contributed by atoms with E-state index in [0.29, 0.717) is 19.6 Å². The second kappa shape index (κ2) is 3.12. The van der Waals surface area contributed by atoms with Crippen LogP contribution < -0.4 is 0 Å². The Hall–Kier alpha value is -0.870. The predicted octanol–water partition coefficient (Wildman–Crippen LogP) is 0.511. The van der Waals surface area contributed by atoms with Gasteiger partial charge in [0.15, 0.2) is 0 Å². The quantitative estimate of drug-likeness (QED) is 0.725. The molecule has 1 aromatic rings. The van der Waals surface area contributed by atoms with E-state index >= 15 is 0 Å². The standard InChI is InChI=1S/C9H14N2O2/c1-2-11-5-4-10-8(11)9(12)3-6-13-7-9/h4-5,12H,2-3,6-7H2,1H3. The van der Waals surface area contributed by atoms with Crippen LogP contribution in [0.25, 0.3) is 0 Å². The van der Waals surface area contributed by atoms with E-state index in [0.717, 1.165) is 12.4 Å². The number of hydrogen-bond donors (Lipinski definition) is 1. The average Bonchev–Trinajstić information content (AvgIpc) is 2.72. The van der Waals surface area contributed by atoms with Crippen molar-refractivity contribution in [1.82, 2.24) is 9.55 Å². The van der Waals surface area contributed by atoms with Crippen LogP contribution in [-0.4, -0.2) is 27.9 Å². The highest BCUT2D eigenvalue weighted by Gasteiger charge is 2.37. The van der Waals surface area contributed by atoms with Gasteiger partial charge in [-0.25, -0.2) is 4.98 Å². The van der Waals surface area contributed by atoms with E-state index in [-0.39, 0.29) is 0 Å². The normalized spacial score (nSPS) is 28.2. The van der Waals surface area contributed by atoms with E-state index in [1.165, 1.54) is 0 Å². The number of hydrogen-bond acceptors (Lipinski definition) is 3. The Morgan fingerprint density at radius 1 is 1.77 bits per heavy atom. The molecule has 13 heavy (non-hydrogen) atoms. The summed E-state index contributed by atoms with van der Waals surface area (Å²) in [5.74, 6) is 0.729. The van der Waals surface area contributed by atoms with Crippen LogP contribution in [0.5, 0.6) is 0 Å². The number of imidazole rings is 1. The van der Waals surface area contributed by atoms with Crippen LogP contribution in [0.4, 0.5) is 0 Å². The Kier molecular flexibility index (Phi) is 2.09. The van der Waals surface area contributed by atoms with Gasteiger partial charge in [0.1, 0.15) is 11.4 Å². The fraction of sp³-hybridized carbons (Fsp3) is 0.667. The van der Waals surface area contributed by atoms with Crippen molar-refractivity contribution >= 4 is 0 Å². The van der Waals surface area contributed by atoms with E-state index in [1.54, 1.807) is 6.20 Å². The zero-order chi connectivity index (χ0) is 9.31. The molecule has 0 radical (unpaired) electrons. The predicted molar refractivity (Wildman–Crippen MR) is 47.2 cm³/mol. The minimum atomic E-state index is -0.862. The summed E-state index contributed by atoms with van der Waals surface area (Å²) in [7, 11) is 0. The van der Waals surface area contributed by atoms with E-state index in [2.05, 4.69) is 4.98 Å². The van der Waals surface area contributed by atoms with E-state index < -0.39 is 5.60 Å². The second-order valence-corrected chi connectivity index (χ2v) is 3.37. The minimum Gasteiger partial charge on any atom is -0.379 e. The summed E-state index contributed by atoms with van der Waals surface area (Å²) in [5, 5.41) is 10.2. The van der Waals surface area contributed by atoms with Gasteiger partial charge >= 0.3 is 0 Å². The van der Waals surface area contributed by atoms with Crippen molar-refractivity contribution in [3.8, 4) is 0 Å². The Bertz CT molecular complexity index is 290. The molecule has 72 valence electrons. The zero-order valence-electron chi connectivity index (χ0n) is 7.73. The largest absolute Gasteiger partial charge is 0.379 e. The zero-order valence-corrected chi connectivity index (χ0v) is 7.73. The minimum absolute atomic E-state index is 0.365.